The van der Waals surface area contributed by atoms with E-state index in [1.54, 1.807) is 6.07 Å². The van der Waals surface area contributed by atoms with Gasteiger partial charge in [-0.05, 0) is 12.1 Å². The Bertz CT molecular complexity index is 795. The van der Waals surface area contributed by atoms with E-state index in [9.17, 15) is 4.79 Å². The molecule has 1 aromatic carbocycles. The van der Waals surface area contributed by atoms with E-state index < -0.39 is 5.97 Å². The van der Waals surface area contributed by atoms with Crippen LogP contribution in [0.15, 0.2) is 36.4 Å². The summed E-state index contributed by atoms with van der Waals surface area (Å²) in [6.07, 6.45) is 0. The van der Waals surface area contributed by atoms with Crippen LogP contribution in [-0.2, 0) is 0 Å². The average Bonchev–Trinajstić information content (AvgIpc) is 3.10. The SMILES string of the molecule is O=C(O)c1cc2nc3cccccc-3c2c2c1N2. The predicted octanol–water partition coefficient (Wildman–Crippen LogP) is 3.09. The van der Waals surface area contributed by atoms with E-state index in [0.717, 1.165) is 33.5 Å². The fourth-order valence-corrected chi connectivity index (χ4v) is 2.40. The molecule has 0 unspecified atom stereocenters. The van der Waals surface area contributed by atoms with Gasteiger partial charge in [0.2, 0.25) is 0 Å². The molecule has 0 amide bonds. The Morgan fingerprint density at radius 3 is 2.83 bits per heavy atom. The summed E-state index contributed by atoms with van der Waals surface area (Å²) in [5, 5.41) is 13.2. The maximum absolute atomic E-state index is 11.1. The molecule has 0 saturated heterocycles. The first-order valence-electron chi connectivity index (χ1n) is 5.61. The van der Waals surface area contributed by atoms with Gasteiger partial charge in [0.05, 0.1) is 28.1 Å². The van der Waals surface area contributed by atoms with Gasteiger partial charge in [0.15, 0.2) is 0 Å². The number of carboxylic acid groups (broad SMARTS) is 1. The van der Waals surface area contributed by atoms with Gasteiger partial charge in [-0.3, -0.25) is 0 Å². The molecule has 3 aliphatic rings. The number of carbonyl (C=O) groups is 1. The Hall–Kier alpha value is -2.62. The van der Waals surface area contributed by atoms with Crippen LogP contribution in [0.5, 0.6) is 0 Å². The van der Waals surface area contributed by atoms with Gasteiger partial charge in [0.1, 0.15) is 0 Å². The minimum atomic E-state index is -0.921. The van der Waals surface area contributed by atoms with Crippen molar-refractivity contribution in [3.63, 3.8) is 0 Å². The normalized spacial score (nSPS) is 12.2. The summed E-state index contributed by atoms with van der Waals surface area (Å²) in [5.74, 6) is -0.921. The van der Waals surface area contributed by atoms with Crippen molar-refractivity contribution in [2.45, 2.75) is 0 Å². The standard InChI is InChI=1S/C14H8N2O2/c17-14(18)8-6-10-11(13-12(8)16-13)7-4-2-1-3-5-9(7)15-10/h1-6,16H,(H,17,18). The molecule has 0 spiro atoms. The third-order valence-electron chi connectivity index (χ3n) is 3.25. The highest BCUT2D eigenvalue weighted by atomic mass is 16.4. The van der Waals surface area contributed by atoms with Crippen LogP contribution in [0, 0.1) is 0 Å². The average molecular weight is 236 g/mol. The molecule has 18 heavy (non-hydrogen) atoms. The fraction of sp³-hybridized carbons (Fsp3) is 0. The highest BCUT2D eigenvalue weighted by Crippen LogP contribution is 2.51. The monoisotopic (exact) mass is 236 g/mol. The number of aromatic carboxylic acids is 1. The number of hydrogen-bond acceptors (Lipinski definition) is 3. The lowest BCUT2D eigenvalue weighted by molar-refractivity contribution is 0.0698. The second-order valence-corrected chi connectivity index (χ2v) is 4.32. The van der Waals surface area contributed by atoms with Gasteiger partial charge in [-0.2, -0.15) is 0 Å². The summed E-state index contributed by atoms with van der Waals surface area (Å²) in [5.41, 5.74) is 4.58. The summed E-state index contributed by atoms with van der Waals surface area (Å²) in [6.45, 7) is 0. The van der Waals surface area contributed by atoms with E-state index >= 15 is 0 Å². The second-order valence-electron chi connectivity index (χ2n) is 4.32. The number of rotatable bonds is 1. The van der Waals surface area contributed by atoms with Gasteiger partial charge >= 0.3 is 5.97 Å². The van der Waals surface area contributed by atoms with Gasteiger partial charge in [-0.1, -0.05) is 24.3 Å². The summed E-state index contributed by atoms with van der Waals surface area (Å²) < 4.78 is 0. The number of fused-ring (bicyclic) bond motifs is 5. The van der Waals surface area contributed by atoms with Crippen molar-refractivity contribution in [2.75, 3.05) is 5.32 Å². The highest BCUT2D eigenvalue weighted by Gasteiger charge is 2.30. The number of hydrogen-bond donors (Lipinski definition) is 2. The van der Waals surface area contributed by atoms with E-state index in [1.165, 1.54) is 0 Å². The fourth-order valence-electron chi connectivity index (χ4n) is 2.40. The topological polar surface area (TPSA) is 72.1 Å². The first kappa shape index (κ1) is 9.41. The van der Waals surface area contributed by atoms with Crippen LogP contribution < -0.4 is 5.32 Å². The summed E-state index contributed by atoms with van der Waals surface area (Å²) in [7, 11) is 0. The first-order chi connectivity index (χ1) is 8.75. The molecular formula is C14H8N2O2. The number of aromatic nitrogens is 1. The molecule has 1 aliphatic carbocycles. The molecule has 2 heterocycles. The van der Waals surface area contributed by atoms with Crippen LogP contribution in [0.2, 0.25) is 0 Å². The maximum atomic E-state index is 11.1. The summed E-state index contributed by atoms with van der Waals surface area (Å²) >= 11 is 0. The first-order valence-corrected chi connectivity index (χ1v) is 5.61. The molecule has 0 saturated carbocycles. The zero-order valence-electron chi connectivity index (χ0n) is 9.27. The molecule has 2 N–H and O–H groups in total. The molecule has 0 fully saturated rings. The molecule has 0 atom stereocenters. The largest absolute Gasteiger partial charge is 0.478 e. The Balaban J connectivity index is 2.16. The third-order valence-corrected chi connectivity index (χ3v) is 3.25. The van der Waals surface area contributed by atoms with Crippen molar-refractivity contribution < 1.29 is 9.90 Å². The van der Waals surface area contributed by atoms with Gasteiger partial charge in [-0.15, -0.1) is 0 Å². The molecule has 0 bridgehead atoms. The van der Waals surface area contributed by atoms with Crippen molar-refractivity contribution >= 4 is 28.2 Å². The molecule has 4 heteroatoms. The molecule has 0 radical (unpaired) electrons. The van der Waals surface area contributed by atoms with Gasteiger partial charge in [-0.25, -0.2) is 9.78 Å². The highest BCUT2D eigenvalue weighted by molar-refractivity contribution is 6.22. The minimum Gasteiger partial charge on any atom is -0.478 e. The lowest BCUT2D eigenvalue weighted by atomic mass is 10.1. The zero-order valence-corrected chi connectivity index (χ0v) is 9.27. The Labute approximate surface area is 102 Å². The number of benzene rings is 1. The lowest BCUT2D eigenvalue weighted by Gasteiger charge is -1.91. The maximum Gasteiger partial charge on any atom is 0.337 e. The Kier molecular flexibility index (Phi) is 1.56. The Morgan fingerprint density at radius 2 is 2.00 bits per heavy atom. The van der Waals surface area contributed by atoms with Crippen molar-refractivity contribution in [2.24, 2.45) is 0 Å². The zero-order chi connectivity index (χ0) is 12.3. The quantitative estimate of drug-likeness (QED) is 0.498. The van der Waals surface area contributed by atoms with E-state index in [1.807, 2.05) is 30.3 Å². The van der Waals surface area contributed by atoms with Gasteiger partial charge < -0.3 is 10.4 Å². The number of nitrogens with one attached hydrogen (secondary N) is 1. The van der Waals surface area contributed by atoms with E-state index in [4.69, 9.17) is 5.11 Å². The van der Waals surface area contributed by atoms with Gasteiger partial charge in [0, 0.05) is 10.9 Å². The third kappa shape index (κ3) is 1.09. The van der Waals surface area contributed by atoms with Crippen molar-refractivity contribution in [3.8, 4) is 11.3 Å². The van der Waals surface area contributed by atoms with Crippen LogP contribution >= 0.6 is 0 Å². The van der Waals surface area contributed by atoms with Crippen LogP contribution in [0.1, 0.15) is 10.4 Å². The van der Waals surface area contributed by atoms with Crippen LogP contribution in [0.3, 0.4) is 0 Å². The van der Waals surface area contributed by atoms with Crippen molar-refractivity contribution in [3.05, 3.63) is 42.0 Å². The van der Waals surface area contributed by atoms with Crippen LogP contribution in [0.4, 0.5) is 11.4 Å². The Morgan fingerprint density at radius 1 is 1.17 bits per heavy atom. The van der Waals surface area contributed by atoms with E-state index in [-0.39, 0.29) is 0 Å². The summed E-state index contributed by atoms with van der Waals surface area (Å²) in [6, 6.07) is 11.4. The molecule has 2 aliphatic heterocycles. The molecular weight excluding hydrogens is 228 g/mol. The lowest BCUT2D eigenvalue weighted by Crippen LogP contribution is -1.93. The number of anilines is 2. The van der Waals surface area contributed by atoms with Gasteiger partial charge in [0.25, 0.3) is 0 Å². The second kappa shape index (κ2) is 2.98. The minimum absolute atomic E-state index is 0.296. The number of carboxylic acids is 1. The number of nitrogens with zero attached hydrogens (tertiary/aromatic N) is 1. The predicted molar refractivity (Wildman–Crippen MR) is 68.6 cm³/mol. The molecule has 86 valence electrons. The summed E-state index contributed by atoms with van der Waals surface area (Å²) in [4.78, 5) is 15.6. The van der Waals surface area contributed by atoms with E-state index in [0.29, 0.717) is 5.56 Å². The van der Waals surface area contributed by atoms with E-state index in [2.05, 4.69) is 10.3 Å². The molecule has 4 nitrogen and oxygen atoms in total. The molecule has 1 aromatic rings. The molecule has 4 rings (SSSR count). The van der Waals surface area contributed by atoms with Crippen LogP contribution in [0.25, 0.3) is 22.2 Å². The van der Waals surface area contributed by atoms with Crippen molar-refractivity contribution in [1.82, 2.24) is 4.98 Å². The van der Waals surface area contributed by atoms with Crippen molar-refractivity contribution in [1.29, 1.82) is 0 Å². The van der Waals surface area contributed by atoms with Crippen LogP contribution in [-0.4, -0.2) is 16.1 Å². The smallest absolute Gasteiger partial charge is 0.337 e. The molecule has 0 aromatic heterocycles.